The van der Waals surface area contributed by atoms with Gasteiger partial charge in [0, 0.05) is 31.0 Å². The maximum Gasteiger partial charge on any atom is 0.416 e. The number of benzene rings is 2. The lowest BCUT2D eigenvalue weighted by Gasteiger charge is -2.25. The SMILES string of the molecule is O=C1CCN(Cc2cc(C(F)(F)F)cc(C(F)(F)F)c2)C(=O)[C@H](Cc2cc(Cl)c(Cl)cc2Cl)N1. The molecule has 1 aliphatic rings. The first-order valence-electron chi connectivity index (χ1n) is 9.65. The van der Waals surface area contributed by atoms with Crippen molar-refractivity contribution in [1.82, 2.24) is 10.2 Å². The van der Waals surface area contributed by atoms with E-state index in [0.29, 0.717) is 17.7 Å². The first-order chi connectivity index (χ1) is 15.6. The van der Waals surface area contributed by atoms with Crippen LogP contribution < -0.4 is 5.32 Å². The molecule has 0 saturated carbocycles. The Kier molecular flexibility index (Phi) is 7.64. The molecule has 0 spiro atoms. The van der Waals surface area contributed by atoms with Crippen LogP contribution in [0.15, 0.2) is 30.3 Å². The molecule has 34 heavy (non-hydrogen) atoms. The van der Waals surface area contributed by atoms with Crippen LogP contribution in [-0.4, -0.2) is 29.3 Å². The Morgan fingerprint density at radius 2 is 1.41 bits per heavy atom. The van der Waals surface area contributed by atoms with Gasteiger partial charge in [0.15, 0.2) is 0 Å². The number of hydrogen-bond donors (Lipinski definition) is 1. The van der Waals surface area contributed by atoms with Crippen LogP contribution in [0.2, 0.25) is 15.1 Å². The number of hydrogen-bond acceptors (Lipinski definition) is 2. The number of halogens is 9. The Bertz CT molecular complexity index is 1090. The van der Waals surface area contributed by atoms with E-state index in [0.717, 1.165) is 4.90 Å². The fourth-order valence-corrected chi connectivity index (χ4v) is 4.11. The Hall–Kier alpha value is -2.17. The minimum Gasteiger partial charge on any atom is -0.344 e. The van der Waals surface area contributed by atoms with Gasteiger partial charge >= 0.3 is 12.4 Å². The van der Waals surface area contributed by atoms with Crippen LogP contribution in [0, 0.1) is 0 Å². The summed E-state index contributed by atoms with van der Waals surface area (Å²) >= 11 is 18.0. The number of carbonyl (C=O) groups is 2. The van der Waals surface area contributed by atoms with Crippen LogP contribution >= 0.6 is 34.8 Å². The summed E-state index contributed by atoms with van der Waals surface area (Å²) < 4.78 is 79.1. The lowest BCUT2D eigenvalue weighted by molar-refractivity contribution is -0.143. The third kappa shape index (κ3) is 6.28. The summed E-state index contributed by atoms with van der Waals surface area (Å²) in [5.41, 5.74) is -2.99. The largest absolute Gasteiger partial charge is 0.416 e. The van der Waals surface area contributed by atoms with Crippen molar-refractivity contribution < 1.29 is 35.9 Å². The fraction of sp³-hybridized carbons (Fsp3) is 0.333. The quantitative estimate of drug-likeness (QED) is 0.369. The molecule has 1 aliphatic heterocycles. The standard InChI is InChI=1S/C21H15Cl3F6N2O2/c22-14-8-16(24)15(23)5-11(14)6-17-19(34)32(2-1-18(33)31-17)9-10-3-12(20(25,26)27)7-13(4-10)21(28,29)30/h3-5,7-8,17H,1-2,6,9H2,(H,31,33)/t17-/m0/s1. The molecule has 1 fully saturated rings. The molecule has 1 heterocycles. The summed E-state index contributed by atoms with van der Waals surface area (Å²) in [7, 11) is 0. The zero-order valence-electron chi connectivity index (χ0n) is 17.0. The molecule has 2 amide bonds. The topological polar surface area (TPSA) is 49.4 Å². The normalized spacial score (nSPS) is 17.6. The molecule has 0 aliphatic carbocycles. The first-order valence-corrected chi connectivity index (χ1v) is 10.8. The number of rotatable bonds is 4. The van der Waals surface area contributed by atoms with Gasteiger partial charge < -0.3 is 10.2 Å². The average molecular weight is 548 g/mol. The molecule has 1 N–H and O–H groups in total. The van der Waals surface area contributed by atoms with Gasteiger partial charge in [-0.1, -0.05) is 34.8 Å². The third-order valence-electron chi connectivity index (χ3n) is 5.09. The molecule has 0 aromatic heterocycles. The van der Waals surface area contributed by atoms with E-state index in [1.807, 2.05) is 0 Å². The predicted molar refractivity (Wildman–Crippen MR) is 114 cm³/mol. The molecule has 0 radical (unpaired) electrons. The zero-order chi connectivity index (χ0) is 25.4. The molecule has 2 aromatic rings. The third-order valence-corrected chi connectivity index (χ3v) is 6.16. The van der Waals surface area contributed by atoms with Gasteiger partial charge in [-0.25, -0.2) is 0 Å². The summed E-state index contributed by atoms with van der Waals surface area (Å²) in [5, 5.41) is 2.98. The highest BCUT2D eigenvalue weighted by Crippen LogP contribution is 2.37. The molecule has 3 rings (SSSR count). The molecule has 0 bridgehead atoms. The van der Waals surface area contributed by atoms with Crippen LogP contribution in [0.3, 0.4) is 0 Å². The highest BCUT2D eigenvalue weighted by molar-refractivity contribution is 6.43. The van der Waals surface area contributed by atoms with E-state index in [4.69, 9.17) is 34.8 Å². The summed E-state index contributed by atoms with van der Waals surface area (Å²) in [6.45, 7) is -0.764. The van der Waals surface area contributed by atoms with Gasteiger partial charge in [-0.15, -0.1) is 0 Å². The van der Waals surface area contributed by atoms with E-state index in [-0.39, 0.29) is 46.1 Å². The molecule has 184 valence electrons. The van der Waals surface area contributed by atoms with Crippen molar-refractivity contribution in [2.45, 2.75) is 37.8 Å². The molecule has 2 aromatic carbocycles. The molecule has 13 heteroatoms. The van der Waals surface area contributed by atoms with Crippen LogP contribution in [0.25, 0.3) is 0 Å². The van der Waals surface area contributed by atoms with Gasteiger partial charge in [0.1, 0.15) is 6.04 Å². The molecule has 1 atom stereocenters. The van der Waals surface area contributed by atoms with Crippen LogP contribution in [0.5, 0.6) is 0 Å². The maximum absolute atomic E-state index is 13.2. The number of amides is 2. The predicted octanol–water partition coefficient (Wildman–Crippen LogP) is 6.14. The van der Waals surface area contributed by atoms with Gasteiger partial charge in [0.25, 0.3) is 0 Å². The fourth-order valence-electron chi connectivity index (χ4n) is 3.46. The zero-order valence-corrected chi connectivity index (χ0v) is 19.2. The first kappa shape index (κ1) is 26.4. The Balaban J connectivity index is 1.92. The number of nitrogens with zero attached hydrogens (tertiary/aromatic N) is 1. The number of nitrogens with one attached hydrogen (secondary N) is 1. The summed E-state index contributed by atoms with van der Waals surface area (Å²) in [6.07, 6.45) is -10.4. The highest BCUT2D eigenvalue weighted by atomic mass is 35.5. The van der Waals surface area contributed by atoms with E-state index in [2.05, 4.69) is 5.32 Å². The minimum atomic E-state index is -5.02. The van der Waals surface area contributed by atoms with E-state index >= 15 is 0 Å². The molecular weight excluding hydrogens is 533 g/mol. The monoisotopic (exact) mass is 546 g/mol. The van der Waals surface area contributed by atoms with Crippen LogP contribution in [0.1, 0.15) is 28.7 Å². The Labute approximate surface area is 204 Å². The van der Waals surface area contributed by atoms with E-state index in [9.17, 15) is 35.9 Å². The van der Waals surface area contributed by atoms with E-state index in [1.165, 1.54) is 12.1 Å². The van der Waals surface area contributed by atoms with Crippen LogP contribution in [-0.2, 0) is 34.9 Å². The van der Waals surface area contributed by atoms with Gasteiger partial charge in [-0.05, 0) is 41.5 Å². The van der Waals surface area contributed by atoms with Crippen molar-refractivity contribution in [1.29, 1.82) is 0 Å². The molecular formula is C21H15Cl3F6N2O2. The average Bonchev–Trinajstić information content (AvgIpc) is 2.84. The molecule has 1 saturated heterocycles. The van der Waals surface area contributed by atoms with Crippen molar-refractivity contribution in [3.8, 4) is 0 Å². The van der Waals surface area contributed by atoms with Crippen LogP contribution in [0.4, 0.5) is 26.3 Å². The van der Waals surface area contributed by atoms with Crippen molar-refractivity contribution in [3.63, 3.8) is 0 Å². The smallest absolute Gasteiger partial charge is 0.344 e. The summed E-state index contributed by atoms with van der Waals surface area (Å²) in [4.78, 5) is 26.3. The second kappa shape index (κ2) is 9.83. The second-order valence-electron chi connectivity index (χ2n) is 7.61. The summed E-state index contributed by atoms with van der Waals surface area (Å²) in [6, 6.07) is 2.69. The van der Waals surface area contributed by atoms with Crippen molar-refractivity contribution in [3.05, 3.63) is 67.7 Å². The number of alkyl halides is 6. The second-order valence-corrected chi connectivity index (χ2v) is 8.83. The van der Waals surface area contributed by atoms with Gasteiger partial charge in [0.2, 0.25) is 11.8 Å². The molecule has 4 nitrogen and oxygen atoms in total. The lowest BCUT2D eigenvalue weighted by Crippen LogP contribution is -2.45. The lowest BCUT2D eigenvalue weighted by atomic mass is 10.0. The minimum absolute atomic E-state index is 0.00784. The van der Waals surface area contributed by atoms with Gasteiger partial charge in [-0.3, -0.25) is 9.59 Å². The van der Waals surface area contributed by atoms with Crippen molar-refractivity contribution >= 4 is 46.6 Å². The van der Waals surface area contributed by atoms with E-state index < -0.39 is 47.9 Å². The Morgan fingerprint density at radius 3 is 1.97 bits per heavy atom. The molecule has 0 unspecified atom stereocenters. The van der Waals surface area contributed by atoms with E-state index in [1.54, 1.807) is 0 Å². The maximum atomic E-state index is 13.2. The van der Waals surface area contributed by atoms with Crippen molar-refractivity contribution in [2.24, 2.45) is 0 Å². The van der Waals surface area contributed by atoms with Crippen molar-refractivity contribution in [2.75, 3.05) is 6.54 Å². The summed E-state index contributed by atoms with van der Waals surface area (Å²) in [5.74, 6) is -1.21. The Morgan fingerprint density at radius 1 is 0.853 bits per heavy atom. The highest BCUT2D eigenvalue weighted by Gasteiger charge is 2.38. The number of carbonyl (C=O) groups excluding carboxylic acids is 2. The van der Waals surface area contributed by atoms with Gasteiger partial charge in [-0.2, -0.15) is 26.3 Å². The van der Waals surface area contributed by atoms with Gasteiger partial charge in [0.05, 0.1) is 21.2 Å².